The third-order valence-corrected chi connectivity index (χ3v) is 2.13. The van der Waals surface area contributed by atoms with Crippen molar-refractivity contribution in [2.75, 3.05) is 5.32 Å². The standard InChI is InChI=1S/C9H11N/c1-6-4-3-5-8-9(6)7(2)10-8/h3-5,7,10H,1-2H3. The summed E-state index contributed by atoms with van der Waals surface area (Å²) in [5.41, 5.74) is 4.21. The van der Waals surface area contributed by atoms with Crippen LogP contribution < -0.4 is 5.32 Å². The number of nitrogens with one attached hydrogen (secondary N) is 1. The fourth-order valence-corrected chi connectivity index (χ4v) is 1.61. The lowest BCUT2D eigenvalue weighted by Crippen LogP contribution is -2.20. The topological polar surface area (TPSA) is 12.0 Å². The number of hydrogen-bond donors (Lipinski definition) is 1. The highest BCUT2D eigenvalue weighted by Crippen LogP contribution is 2.37. The molecule has 0 saturated heterocycles. The fraction of sp³-hybridized carbons (Fsp3) is 0.333. The SMILES string of the molecule is Cc1cccc2c1C(C)N2. The number of hydrogen-bond acceptors (Lipinski definition) is 1. The van der Waals surface area contributed by atoms with Gasteiger partial charge in [-0.05, 0) is 25.5 Å². The van der Waals surface area contributed by atoms with Gasteiger partial charge in [0, 0.05) is 11.3 Å². The van der Waals surface area contributed by atoms with Crippen LogP contribution in [0, 0.1) is 6.92 Å². The van der Waals surface area contributed by atoms with Gasteiger partial charge < -0.3 is 5.32 Å². The predicted octanol–water partition coefficient (Wildman–Crippen LogP) is 2.48. The molecule has 0 spiro atoms. The highest BCUT2D eigenvalue weighted by atomic mass is 15.0. The first-order valence-corrected chi connectivity index (χ1v) is 3.65. The van der Waals surface area contributed by atoms with E-state index < -0.39 is 0 Å². The summed E-state index contributed by atoms with van der Waals surface area (Å²) in [7, 11) is 0. The molecule has 1 nitrogen and oxygen atoms in total. The van der Waals surface area contributed by atoms with Crippen molar-refractivity contribution in [3.63, 3.8) is 0 Å². The van der Waals surface area contributed by atoms with Gasteiger partial charge in [0.1, 0.15) is 0 Å². The first-order chi connectivity index (χ1) is 4.79. The van der Waals surface area contributed by atoms with Crippen molar-refractivity contribution < 1.29 is 0 Å². The lowest BCUT2D eigenvalue weighted by Gasteiger charge is -2.31. The zero-order valence-electron chi connectivity index (χ0n) is 6.31. The van der Waals surface area contributed by atoms with Crippen LogP contribution in [0.3, 0.4) is 0 Å². The smallest absolute Gasteiger partial charge is 0.0508 e. The molecule has 0 radical (unpaired) electrons. The Morgan fingerprint density at radius 3 is 2.70 bits per heavy atom. The molecule has 1 aliphatic rings. The van der Waals surface area contributed by atoms with Crippen LogP contribution in [-0.2, 0) is 0 Å². The molecule has 0 aromatic heterocycles. The molecule has 1 heterocycles. The van der Waals surface area contributed by atoms with Gasteiger partial charge in [0.2, 0.25) is 0 Å². The Bertz CT molecular complexity index is 251. The molecule has 0 amide bonds. The molecule has 0 aliphatic carbocycles. The molecule has 1 aromatic rings. The average Bonchev–Trinajstić information content (AvgIpc) is 1.85. The summed E-state index contributed by atoms with van der Waals surface area (Å²) in [6.45, 7) is 4.35. The van der Waals surface area contributed by atoms with Gasteiger partial charge in [0.15, 0.2) is 0 Å². The van der Waals surface area contributed by atoms with E-state index in [1.807, 2.05) is 0 Å². The van der Waals surface area contributed by atoms with Crippen LogP contribution in [0.1, 0.15) is 24.1 Å². The Hall–Kier alpha value is -0.980. The summed E-state index contributed by atoms with van der Waals surface area (Å²) in [6, 6.07) is 6.95. The lowest BCUT2D eigenvalue weighted by atomic mass is 9.93. The number of aryl methyl sites for hydroxylation is 1. The predicted molar refractivity (Wildman–Crippen MR) is 43.2 cm³/mol. The third kappa shape index (κ3) is 0.576. The average molecular weight is 133 g/mol. The first kappa shape index (κ1) is 5.78. The Morgan fingerprint density at radius 2 is 2.20 bits per heavy atom. The van der Waals surface area contributed by atoms with E-state index in [-0.39, 0.29) is 0 Å². The molecular weight excluding hydrogens is 122 g/mol. The van der Waals surface area contributed by atoms with E-state index in [0.29, 0.717) is 6.04 Å². The lowest BCUT2D eigenvalue weighted by molar-refractivity contribution is 0.809. The molecule has 1 atom stereocenters. The van der Waals surface area contributed by atoms with Gasteiger partial charge in [-0.1, -0.05) is 12.1 Å². The molecule has 0 fully saturated rings. The maximum atomic E-state index is 3.33. The second-order valence-electron chi connectivity index (χ2n) is 2.90. The molecule has 1 heteroatoms. The number of rotatable bonds is 0. The molecule has 2 rings (SSSR count). The summed E-state index contributed by atoms with van der Waals surface area (Å²) >= 11 is 0. The van der Waals surface area contributed by atoms with Crippen molar-refractivity contribution in [3.8, 4) is 0 Å². The fourth-order valence-electron chi connectivity index (χ4n) is 1.61. The van der Waals surface area contributed by atoms with Gasteiger partial charge >= 0.3 is 0 Å². The van der Waals surface area contributed by atoms with Crippen LogP contribution in [0.4, 0.5) is 5.69 Å². The third-order valence-electron chi connectivity index (χ3n) is 2.13. The van der Waals surface area contributed by atoms with Gasteiger partial charge in [0.05, 0.1) is 6.04 Å². The highest BCUT2D eigenvalue weighted by molar-refractivity contribution is 5.65. The number of anilines is 1. The van der Waals surface area contributed by atoms with Crippen LogP contribution in [0.15, 0.2) is 18.2 Å². The summed E-state index contributed by atoms with van der Waals surface area (Å²) in [5, 5.41) is 3.33. The van der Waals surface area contributed by atoms with Crippen LogP contribution in [0.5, 0.6) is 0 Å². The first-order valence-electron chi connectivity index (χ1n) is 3.65. The molecular formula is C9H11N. The molecule has 1 aliphatic heterocycles. The van der Waals surface area contributed by atoms with Gasteiger partial charge in [-0.2, -0.15) is 0 Å². The summed E-state index contributed by atoms with van der Waals surface area (Å²) in [6.07, 6.45) is 0. The largest absolute Gasteiger partial charge is 0.378 e. The number of benzene rings is 1. The van der Waals surface area contributed by atoms with Gasteiger partial charge in [-0.15, -0.1) is 0 Å². The minimum Gasteiger partial charge on any atom is -0.378 e. The molecule has 10 heavy (non-hydrogen) atoms. The second kappa shape index (κ2) is 1.75. The van der Waals surface area contributed by atoms with Gasteiger partial charge in [-0.3, -0.25) is 0 Å². The molecule has 1 N–H and O–H groups in total. The molecule has 1 unspecified atom stereocenters. The van der Waals surface area contributed by atoms with Crippen LogP contribution >= 0.6 is 0 Å². The van der Waals surface area contributed by atoms with E-state index in [0.717, 1.165) is 0 Å². The minimum atomic E-state index is 0.566. The van der Waals surface area contributed by atoms with Crippen LogP contribution in [0.25, 0.3) is 0 Å². The van der Waals surface area contributed by atoms with Gasteiger partial charge in [-0.25, -0.2) is 0 Å². The maximum Gasteiger partial charge on any atom is 0.0508 e. The van der Waals surface area contributed by atoms with Gasteiger partial charge in [0.25, 0.3) is 0 Å². The van der Waals surface area contributed by atoms with Crippen molar-refractivity contribution >= 4 is 5.69 Å². The zero-order valence-corrected chi connectivity index (χ0v) is 6.31. The van der Waals surface area contributed by atoms with Crippen molar-refractivity contribution in [3.05, 3.63) is 29.3 Å². The number of fused-ring (bicyclic) bond motifs is 1. The molecule has 52 valence electrons. The van der Waals surface area contributed by atoms with E-state index in [1.54, 1.807) is 0 Å². The Morgan fingerprint density at radius 1 is 1.40 bits per heavy atom. The summed E-state index contributed by atoms with van der Waals surface area (Å²) in [4.78, 5) is 0. The Labute approximate surface area is 61.1 Å². The summed E-state index contributed by atoms with van der Waals surface area (Å²) < 4.78 is 0. The van der Waals surface area contributed by atoms with Crippen LogP contribution in [-0.4, -0.2) is 0 Å². The van der Waals surface area contributed by atoms with E-state index >= 15 is 0 Å². The van der Waals surface area contributed by atoms with Crippen molar-refractivity contribution in [1.29, 1.82) is 0 Å². The normalized spacial score (nSPS) is 20.8. The monoisotopic (exact) mass is 133 g/mol. The Kier molecular flexibility index (Phi) is 1.01. The van der Waals surface area contributed by atoms with E-state index in [1.165, 1.54) is 16.8 Å². The summed E-state index contributed by atoms with van der Waals surface area (Å²) in [5.74, 6) is 0. The van der Waals surface area contributed by atoms with E-state index in [4.69, 9.17) is 0 Å². The minimum absolute atomic E-state index is 0.566. The maximum absolute atomic E-state index is 3.33. The van der Waals surface area contributed by atoms with Crippen molar-refractivity contribution in [2.45, 2.75) is 19.9 Å². The highest BCUT2D eigenvalue weighted by Gasteiger charge is 2.21. The molecule has 0 saturated carbocycles. The quantitative estimate of drug-likeness (QED) is 0.573. The zero-order chi connectivity index (χ0) is 7.14. The van der Waals surface area contributed by atoms with E-state index in [2.05, 4.69) is 37.4 Å². The second-order valence-corrected chi connectivity index (χ2v) is 2.90. The van der Waals surface area contributed by atoms with Crippen molar-refractivity contribution in [2.24, 2.45) is 0 Å². The van der Waals surface area contributed by atoms with E-state index in [9.17, 15) is 0 Å². The Balaban J connectivity index is 2.58. The van der Waals surface area contributed by atoms with Crippen molar-refractivity contribution in [1.82, 2.24) is 0 Å². The molecule has 0 bridgehead atoms. The van der Waals surface area contributed by atoms with Crippen LogP contribution in [0.2, 0.25) is 0 Å². The molecule has 1 aromatic carbocycles.